The van der Waals surface area contributed by atoms with Crippen LogP contribution in [0.2, 0.25) is 5.02 Å². The smallest absolute Gasteiger partial charge is 0.321 e. The van der Waals surface area contributed by atoms with Crippen molar-refractivity contribution in [2.45, 2.75) is 26.9 Å². The van der Waals surface area contributed by atoms with Crippen molar-refractivity contribution in [1.82, 2.24) is 9.38 Å². The zero-order chi connectivity index (χ0) is 19.2. The average Bonchev–Trinajstić information content (AvgIpc) is 2.87. The molecule has 1 aromatic carbocycles. The van der Waals surface area contributed by atoms with Crippen molar-refractivity contribution >= 4 is 28.8 Å². The molecule has 0 spiro atoms. The van der Waals surface area contributed by atoms with Gasteiger partial charge in [0, 0.05) is 11.9 Å². The third-order valence-corrected chi connectivity index (χ3v) is 4.43. The molecule has 3 aromatic rings. The minimum absolute atomic E-state index is 0.00577. The van der Waals surface area contributed by atoms with Gasteiger partial charge in [0.05, 0.1) is 16.3 Å². The number of fused-ring (bicyclic) bond motifs is 1. The molecule has 0 unspecified atom stereocenters. The van der Waals surface area contributed by atoms with E-state index in [1.165, 1.54) is 0 Å². The number of carbonyl (C=O) groups excluding carboxylic acids is 1. The van der Waals surface area contributed by atoms with Crippen LogP contribution in [0.5, 0.6) is 0 Å². The Kier molecular flexibility index (Phi) is 4.44. The Balaban J connectivity index is 2.08. The van der Waals surface area contributed by atoms with Crippen LogP contribution < -0.4 is 5.32 Å². The van der Waals surface area contributed by atoms with Gasteiger partial charge in [-0.2, -0.15) is 13.2 Å². The summed E-state index contributed by atoms with van der Waals surface area (Å²) in [7, 11) is 0. The molecule has 1 N–H and O–H groups in total. The zero-order valence-corrected chi connectivity index (χ0v) is 15.0. The molecule has 0 aliphatic carbocycles. The van der Waals surface area contributed by atoms with Gasteiger partial charge in [0.15, 0.2) is 5.65 Å². The molecule has 8 heteroatoms. The van der Waals surface area contributed by atoms with Crippen LogP contribution in [0, 0.1) is 20.8 Å². The van der Waals surface area contributed by atoms with Crippen LogP contribution in [0.15, 0.2) is 30.5 Å². The molecular formula is C18H15ClF3N3O. The van der Waals surface area contributed by atoms with Crippen LogP contribution in [0.1, 0.15) is 32.9 Å². The number of nitrogens with one attached hydrogen (secondary N) is 1. The number of amides is 1. The number of benzene rings is 1. The minimum atomic E-state index is -4.59. The van der Waals surface area contributed by atoms with Crippen LogP contribution in [-0.2, 0) is 6.18 Å². The monoisotopic (exact) mass is 381 g/mol. The van der Waals surface area contributed by atoms with Crippen LogP contribution in [-0.4, -0.2) is 15.3 Å². The molecule has 2 heterocycles. The van der Waals surface area contributed by atoms with Gasteiger partial charge in [-0.1, -0.05) is 17.7 Å². The standard InChI is InChI=1S/C18H15ClF3N3O/c1-9-4-5-13(6-10(9)2)24-17(26)15-11(3)23-16-14(19)7-12(8-25(15)16)18(20,21)22/h4-8H,1-3H3,(H,24,26). The topological polar surface area (TPSA) is 46.4 Å². The first-order chi connectivity index (χ1) is 12.1. The molecule has 2 aromatic heterocycles. The van der Waals surface area contributed by atoms with Crippen molar-refractivity contribution in [2.75, 3.05) is 5.32 Å². The highest BCUT2D eigenvalue weighted by Crippen LogP contribution is 2.33. The van der Waals surface area contributed by atoms with E-state index in [-0.39, 0.29) is 22.1 Å². The lowest BCUT2D eigenvalue weighted by Gasteiger charge is -2.11. The fourth-order valence-corrected chi connectivity index (χ4v) is 2.91. The maximum absolute atomic E-state index is 13.1. The summed E-state index contributed by atoms with van der Waals surface area (Å²) >= 11 is 5.94. The van der Waals surface area contributed by atoms with Crippen molar-refractivity contribution in [3.8, 4) is 0 Å². The average molecular weight is 382 g/mol. The van der Waals surface area contributed by atoms with E-state index in [1.54, 1.807) is 19.1 Å². The minimum Gasteiger partial charge on any atom is -0.321 e. The molecule has 0 bridgehead atoms. The first kappa shape index (κ1) is 18.3. The predicted molar refractivity (Wildman–Crippen MR) is 93.8 cm³/mol. The number of anilines is 1. The van der Waals surface area contributed by atoms with Gasteiger partial charge in [-0.3, -0.25) is 9.20 Å². The summed E-state index contributed by atoms with van der Waals surface area (Å²) in [5.74, 6) is -0.561. The van der Waals surface area contributed by atoms with Gasteiger partial charge in [-0.05, 0) is 50.1 Å². The fourth-order valence-electron chi connectivity index (χ4n) is 2.66. The molecule has 136 valence electrons. The van der Waals surface area contributed by atoms with Crippen molar-refractivity contribution in [3.63, 3.8) is 0 Å². The lowest BCUT2D eigenvalue weighted by molar-refractivity contribution is -0.137. The van der Waals surface area contributed by atoms with E-state index in [2.05, 4.69) is 10.3 Å². The second kappa shape index (κ2) is 6.32. The zero-order valence-electron chi connectivity index (χ0n) is 14.2. The number of aryl methyl sites for hydroxylation is 3. The van der Waals surface area contributed by atoms with E-state index in [1.807, 2.05) is 19.9 Å². The fraction of sp³-hybridized carbons (Fsp3) is 0.222. The van der Waals surface area contributed by atoms with Crippen LogP contribution in [0.4, 0.5) is 18.9 Å². The van der Waals surface area contributed by atoms with Gasteiger partial charge in [0.25, 0.3) is 5.91 Å². The SMILES string of the molecule is Cc1ccc(NC(=O)c2c(C)nc3c(Cl)cc(C(F)(F)F)cn23)cc1C. The Labute approximate surface area is 152 Å². The first-order valence-electron chi connectivity index (χ1n) is 7.72. The van der Waals surface area contributed by atoms with Gasteiger partial charge >= 0.3 is 6.18 Å². The van der Waals surface area contributed by atoms with Crippen LogP contribution in [0.25, 0.3) is 5.65 Å². The van der Waals surface area contributed by atoms with Crippen molar-refractivity contribution < 1.29 is 18.0 Å². The highest BCUT2D eigenvalue weighted by molar-refractivity contribution is 6.33. The van der Waals surface area contributed by atoms with E-state index in [0.717, 1.165) is 27.8 Å². The summed E-state index contributed by atoms with van der Waals surface area (Å²) in [6.45, 7) is 5.39. The Morgan fingerprint density at radius 3 is 2.46 bits per heavy atom. The van der Waals surface area contributed by atoms with Crippen molar-refractivity contribution in [3.05, 3.63) is 63.6 Å². The van der Waals surface area contributed by atoms with Gasteiger partial charge in [0.2, 0.25) is 0 Å². The number of nitrogens with zero attached hydrogens (tertiary/aromatic N) is 2. The Hall–Kier alpha value is -2.54. The number of imidazole rings is 1. The Morgan fingerprint density at radius 2 is 1.85 bits per heavy atom. The number of halogens is 4. The van der Waals surface area contributed by atoms with Gasteiger partial charge in [-0.15, -0.1) is 0 Å². The maximum Gasteiger partial charge on any atom is 0.417 e. The number of aromatic nitrogens is 2. The number of pyridine rings is 1. The van der Waals surface area contributed by atoms with E-state index in [4.69, 9.17) is 11.6 Å². The molecule has 0 fully saturated rings. The largest absolute Gasteiger partial charge is 0.417 e. The third kappa shape index (κ3) is 3.26. The lowest BCUT2D eigenvalue weighted by Crippen LogP contribution is -2.16. The molecule has 0 atom stereocenters. The molecular weight excluding hydrogens is 367 g/mol. The summed E-state index contributed by atoms with van der Waals surface area (Å²) in [6, 6.07) is 6.17. The van der Waals surface area contributed by atoms with E-state index < -0.39 is 17.6 Å². The Bertz CT molecular complexity index is 1020. The maximum atomic E-state index is 13.1. The highest BCUT2D eigenvalue weighted by Gasteiger charge is 2.33. The Morgan fingerprint density at radius 1 is 1.15 bits per heavy atom. The summed E-state index contributed by atoms with van der Waals surface area (Å²) in [5.41, 5.74) is 2.04. The molecule has 0 aliphatic rings. The number of hydrogen-bond donors (Lipinski definition) is 1. The lowest BCUT2D eigenvalue weighted by atomic mass is 10.1. The molecule has 0 saturated carbocycles. The molecule has 0 saturated heterocycles. The second-order valence-electron chi connectivity index (χ2n) is 6.07. The quantitative estimate of drug-likeness (QED) is 0.664. The number of carbonyl (C=O) groups is 1. The number of alkyl halides is 3. The van der Waals surface area contributed by atoms with E-state index >= 15 is 0 Å². The molecule has 4 nitrogen and oxygen atoms in total. The normalized spacial score (nSPS) is 11.8. The number of hydrogen-bond acceptors (Lipinski definition) is 2. The summed E-state index contributed by atoms with van der Waals surface area (Å²) in [5, 5.41) is 2.53. The summed E-state index contributed by atoms with van der Waals surface area (Å²) in [6.07, 6.45) is -3.76. The summed E-state index contributed by atoms with van der Waals surface area (Å²) in [4.78, 5) is 16.8. The van der Waals surface area contributed by atoms with E-state index in [0.29, 0.717) is 5.69 Å². The molecule has 26 heavy (non-hydrogen) atoms. The van der Waals surface area contributed by atoms with Crippen molar-refractivity contribution in [1.29, 1.82) is 0 Å². The summed E-state index contributed by atoms with van der Waals surface area (Å²) < 4.78 is 40.3. The van der Waals surface area contributed by atoms with E-state index in [9.17, 15) is 18.0 Å². The second-order valence-corrected chi connectivity index (χ2v) is 6.47. The molecule has 0 radical (unpaired) electrons. The molecule has 1 amide bonds. The van der Waals surface area contributed by atoms with Gasteiger partial charge < -0.3 is 5.32 Å². The predicted octanol–water partition coefficient (Wildman–Crippen LogP) is 5.18. The third-order valence-electron chi connectivity index (χ3n) is 4.16. The van der Waals surface area contributed by atoms with Crippen molar-refractivity contribution in [2.24, 2.45) is 0 Å². The van der Waals surface area contributed by atoms with Crippen LogP contribution in [0.3, 0.4) is 0 Å². The molecule has 0 aliphatic heterocycles. The van der Waals surface area contributed by atoms with Crippen LogP contribution >= 0.6 is 11.6 Å². The van der Waals surface area contributed by atoms with Gasteiger partial charge in [0.1, 0.15) is 5.69 Å². The number of rotatable bonds is 2. The van der Waals surface area contributed by atoms with Gasteiger partial charge in [-0.25, -0.2) is 4.98 Å². The molecule has 3 rings (SSSR count). The highest BCUT2D eigenvalue weighted by atomic mass is 35.5. The first-order valence-corrected chi connectivity index (χ1v) is 8.09.